The Morgan fingerprint density at radius 2 is 1.81 bits per heavy atom. The van der Waals surface area contributed by atoms with Crippen LogP contribution in [0.25, 0.3) is 0 Å². The monoisotopic (exact) mass is 419 g/mol. The fraction of sp³-hybridized carbons (Fsp3) is 0.292. The van der Waals surface area contributed by atoms with Crippen molar-refractivity contribution in [1.82, 2.24) is 15.1 Å². The fourth-order valence-corrected chi connectivity index (χ4v) is 3.23. The van der Waals surface area contributed by atoms with Crippen LogP contribution in [0.5, 0.6) is 5.75 Å². The molecule has 1 heterocycles. The number of methoxy groups -OCH3 is 1. The van der Waals surface area contributed by atoms with E-state index < -0.39 is 0 Å². The molecule has 0 saturated heterocycles. The van der Waals surface area contributed by atoms with E-state index in [1.165, 1.54) is 0 Å². The maximum absolute atomic E-state index is 12.9. The van der Waals surface area contributed by atoms with E-state index in [1.54, 1.807) is 31.4 Å². The molecule has 7 heteroatoms. The van der Waals surface area contributed by atoms with Crippen molar-refractivity contribution in [2.75, 3.05) is 12.4 Å². The fourth-order valence-electron chi connectivity index (χ4n) is 3.23. The van der Waals surface area contributed by atoms with Crippen LogP contribution < -0.4 is 15.4 Å². The molecule has 0 fully saturated rings. The zero-order valence-electron chi connectivity index (χ0n) is 18.9. The second-order valence-electron chi connectivity index (χ2n) is 7.56. The maximum atomic E-state index is 12.9. The van der Waals surface area contributed by atoms with Crippen molar-refractivity contribution in [2.45, 2.75) is 34.2 Å². The molecule has 3 rings (SSSR count). The molecule has 0 aliphatic carbocycles. The molecule has 7 nitrogen and oxygen atoms in total. The summed E-state index contributed by atoms with van der Waals surface area (Å²) >= 11 is 0. The van der Waals surface area contributed by atoms with Gasteiger partial charge in [0.15, 0.2) is 0 Å². The van der Waals surface area contributed by atoms with Crippen LogP contribution in [-0.2, 0) is 13.6 Å². The summed E-state index contributed by atoms with van der Waals surface area (Å²) in [5, 5.41) is 10.7. The molecule has 0 spiro atoms. The van der Waals surface area contributed by atoms with Crippen molar-refractivity contribution < 1.29 is 9.53 Å². The van der Waals surface area contributed by atoms with Crippen molar-refractivity contribution in [3.8, 4) is 5.75 Å². The molecule has 2 aromatic carbocycles. The third-order valence-electron chi connectivity index (χ3n) is 5.28. The van der Waals surface area contributed by atoms with Gasteiger partial charge in [-0.2, -0.15) is 5.10 Å². The van der Waals surface area contributed by atoms with E-state index >= 15 is 0 Å². The summed E-state index contributed by atoms with van der Waals surface area (Å²) in [7, 11) is 3.51. The van der Waals surface area contributed by atoms with Gasteiger partial charge in [0.05, 0.1) is 19.3 Å². The SMILES string of the molecule is COc1ccc(C(=O)NC(=NCc2c(C)nn(C)c2C)Nc2cc(C)ccc2C)cc1. The summed E-state index contributed by atoms with van der Waals surface area (Å²) in [5.41, 5.74) is 6.61. The van der Waals surface area contributed by atoms with Crippen LogP contribution in [0.2, 0.25) is 0 Å². The maximum Gasteiger partial charge on any atom is 0.257 e. The third-order valence-corrected chi connectivity index (χ3v) is 5.28. The summed E-state index contributed by atoms with van der Waals surface area (Å²) in [6.07, 6.45) is 0. The molecule has 1 aromatic heterocycles. The van der Waals surface area contributed by atoms with E-state index in [2.05, 4.69) is 26.8 Å². The Kier molecular flexibility index (Phi) is 6.74. The molecule has 3 aromatic rings. The molecule has 2 N–H and O–H groups in total. The number of aryl methyl sites for hydroxylation is 4. The van der Waals surface area contributed by atoms with Gasteiger partial charge >= 0.3 is 0 Å². The average Bonchev–Trinajstić information content (AvgIpc) is 3.00. The van der Waals surface area contributed by atoms with E-state index in [4.69, 9.17) is 4.74 Å². The number of guanidine groups is 1. The van der Waals surface area contributed by atoms with Crippen LogP contribution in [0.4, 0.5) is 5.69 Å². The van der Waals surface area contributed by atoms with Crippen molar-refractivity contribution in [3.63, 3.8) is 0 Å². The van der Waals surface area contributed by atoms with Crippen LogP contribution in [0.1, 0.15) is 38.4 Å². The van der Waals surface area contributed by atoms with Gasteiger partial charge in [-0.15, -0.1) is 0 Å². The zero-order valence-corrected chi connectivity index (χ0v) is 18.9. The molecular formula is C24H29N5O2. The molecule has 1 amide bonds. The van der Waals surface area contributed by atoms with Gasteiger partial charge in [-0.25, -0.2) is 4.99 Å². The normalized spacial score (nSPS) is 11.4. The smallest absolute Gasteiger partial charge is 0.257 e. The molecule has 0 atom stereocenters. The summed E-state index contributed by atoms with van der Waals surface area (Å²) in [4.78, 5) is 17.5. The van der Waals surface area contributed by atoms with E-state index in [9.17, 15) is 4.79 Å². The van der Waals surface area contributed by atoms with Gasteiger partial charge in [0, 0.05) is 29.6 Å². The minimum Gasteiger partial charge on any atom is -0.497 e. The number of benzene rings is 2. The Morgan fingerprint density at radius 3 is 2.42 bits per heavy atom. The lowest BCUT2D eigenvalue weighted by Gasteiger charge is -2.14. The summed E-state index contributed by atoms with van der Waals surface area (Å²) < 4.78 is 7.01. The van der Waals surface area contributed by atoms with Gasteiger partial charge in [0.25, 0.3) is 5.91 Å². The number of nitrogens with one attached hydrogen (secondary N) is 2. The summed E-state index contributed by atoms with van der Waals surface area (Å²) in [5.74, 6) is 0.831. The predicted octanol–water partition coefficient (Wildman–Crippen LogP) is 4.06. The first-order valence-electron chi connectivity index (χ1n) is 10.1. The van der Waals surface area contributed by atoms with Crippen molar-refractivity contribution >= 4 is 17.6 Å². The Balaban J connectivity index is 1.88. The standard InChI is InChI=1S/C24H29N5O2/c1-15-7-8-16(2)22(13-15)26-24(25-14-21-17(3)28-29(5)18(21)4)27-23(30)19-9-11-20(31-6)12-10-19/h7-13H,14H2,1-6H3,(H2,25,26,27,30). The van der Waals surface area contributed by atoms with Crippen LogP contribution in [-0.4, -0.2) is 28.8 Å². The number of aromatic nitrogens is 2. The van der Waals surface area contributed by atoms with Gasteiger partial charge in [-0.3, -0.25) is 14.8 Å². The molecule has 31 heavy (non-hydrogen) atoms. The highest BCUT2D eigenvalue weighted by atomic mass is 16.5. The molecule has 0 aliphatic rings. The van der Waals surface area contributed by atoms with E-state index in [-0.39, 0.29) is 5.91 Å². The molecule has 162 valence electrons. The van der Waals surface area contributed by atoms with Crippen LogP contribution in [0, 0.1) is 27.7 Å². The number of aliphatic imine (C=N–C) groups is 1. The number of ether oxygens (including phenoxy) is 1. The number of hydrogen-bond acceptors (Lipinski definition) is 4. The number of carbonyl (C=O) groups is 1. The van der Waals surface area contributed by atoms with Gasteiger partial charge in [0.1, 0.15) is 5.75 Å². The largest absolute Gasteiger partial charge is 0.497 e. The zero-order chi connectivity index (χ0) is 22.5. The average molecular weight is 420 g/mol. The first kappa shape index (κ1) is 22.1. The number of carbonyl (C=O) groups excluding carboxylic acids is 1. The van der Waals surface area contributed by atoms with Gasteiger partial charge in [-0.05, 0) is 69.2 Å². The Hall–Kier alpha value is -3.61. The van der Waals surface area contributed by atoms with Crippen LogP contribution in [0.15, 0.2) is 47.5 Å². The lowest BCUT2D eigenvalue weighted by Crippen LogP contribution is -2.36. The third kappa shape index (κ3) is 5.31. The highest BCUT2D eigenvalue weighted by Crippen LogP contribution is 2.18. The highest BCUT2D eigenvalue weighted by Gasteiger charge is 2.13. The van der Waals surface area contributed by atoms with Crippen molar-refractivity contribution in [3.05, 3.63) is 76.1 Å². The van der Waals surface area contributed by atoms with Gasteiger partial charge in [-0.1, -0.05) is 12.1 Å². The number of amides is 1. The molecule has 0 saturated carbocycles. The Bertz CT molecular complexity index is 1110. The number of hydrogen-bond donors (Lipinski definition) is 2. The van der Waals surface area contributed by atoms with Crippen molar-refractivity contribution in [1.29, 1.82) is 0 Å². The second-order valence-corrected chi connectivity index (χ2v) is 7.56. The molecule has 0 aliphatic heterocycles. The minimum atomic E-state index is -0.251. The molecular weight excluding hydrogens is 390 g/mol. The topological polar surface area (TPSA) is 80.5 Å². The molecule has 0 bridgehead atoms. The van der Waals surface area contributed by atoms with E-state index in [0.717, 1.165) is 33.8 Å². The first-order chi connectivity index (χ1) is 14.8. The predicted molar refractivity (Wildman–Crippen MR) is 124 cm³/mol. The quantitative estimate of drug-likeness (QED) is 0.483. The Labute approximate surface area is 183 Å². The minimum absolute atomic E-state index is 0.251. The van der Waals surface area contributed by atoms with Crippen LogP contribution >= 0.6 is 0 Å². The highest BCUT2D eigenvalue weighted by molar-refractivity contribution is 6.10. The number of rotatable bonds is 5. The molecule has 0 radical (unpaired) electrons. The van der Waals surface area contributed by atoms with Crippen LogP contribution in [0.3, 0.4) is 0 Å². The summed E-state index contributed by atoms with van der Waals surface area (Å²) in [6.45, 7) is 8.42. The van der Waals surface area contributed by atoms with Gasteiger partial charge in [0.2, 0.25) is 5.96 Å². The van der Waals surface area contributed by atoms with E-state index in [1.807, 2.05) is 51.6 Å². The van der Waals surface area contributed by atoms with Crippen molar-refractivity contribution in [2.24, 2.45) is 12.0 Å². The number of anilines is 1. The van der Waals surface area contributed by atoms with E-state index in [0.29, 0.717) is 23.8 Å². The lowest BCUT2D eigenvalue weighted by atomic mass is 10.1. The first-order valence-corrected chi connectivity index (χ1v) is 10.1. The number of nitrogens with zero attached hydrogens (tertiary/aromatic N) is 3. The second kappa shape index (κ2) is 9.47. The summed E-state index contributed by atoms with van der Waals surface area (Å²) in [6, 6.07) is 13.1. The van der Waals surface area contributed by atoms with Gasteiger partial charge < -0.3 is 10.1 Å². The molecule has 0 unspecified atom stereocenters. The Morgan fingerprint density at radius 1 is 1.10 bits per heavy atom. The lowest BCUT2D eigenvalue weighted by molar-refractivity contribution is 0.0977.